The van der Waals surface area contributed by atoms with Crippen LogP contribution in [0.1, 0.15) is 39.5 Å². The number of aliphatic hydroxyl groups excluding tert-OH is 1. The van der Waals surface area contributed by atoms with E-state index in [0.29, 0.717) is 6.42 Å². The average Bonchev–Trinajstić information content (AvgIpc) is 2.21. The van der Waals surface area contributed by atoms with Gasteiger partial charge in [-0.1, -0.05) is 26.2 Å². The van der Waals surface area contributed by atoms with Gasteiger partial charge in [0, 0.05) is 12.8 Å². The van der Waals surface area contributed by atoms with Crippen molar-refractivity contribution in [2.24, 2.45) is 11.1 Å². The van der Waals surface area contributed by atoms with Crippen LogP contribution < -0.4 is 5.14 Å². The first-order valence-electron chi connectivity index (χ1n) is 5.79. The fourth-order valence-corrected chi connectivity index (χ4v) is 1.92. The van der Waals surface area contributed by atoms with Crippen LogP contribution in [0.15, 0.2) is 0 Å². The van der Waals surface area contributed by atoms with Gasteiger partial charge in [0.15, 0.2) is 0 Å². The molecule has 0 heterocycles. The maximum Gasteiger partial charge on any atom is 0.336 e. The number of carbonyl (C=O) groups is 1. The van der Waals surface area contributed by atoms with Gasteiger partial charge in [0.1, 0.15) is 0 Å². The first-order chi connectivity index (χ1) is 8.30. The van der Waals surface area contributed by atoms with Crippen LogP contribution in [0.3, 0.4) is 0 Å². The summed E-state index contributed by atoms with van der Waals surface area (Å²) < 4.78 is 30.9. The number of aliphatic hydroxyl groups is 1. The lowest BCUT2D eigenvalue weighted by atomic mass is 10.0. The molecule has 8 heteroatoms. The topological polar surface area (TPSA) is 116 Å². The molecule has 0 saturated carbocycles. The van der Waals surface area contributed by atoms with Crippen molar-refractivity contribution in [3.05, 3.63) is 0 Å². The predicted octanol–water partition coefficient (Wildman–Crippen LogP) is 0.285. The fraction of sp³-hybridized carbons (Fsp3) is 0.900. The quantitative estimate of drug-likeness (QED) is 0.357. The molecule has 1 unspecified atom stereocenters. The Morgan fingerprint density at radius 1 is 1.39 bits per heavy atom. The van der Waals surface area contributed by atoms with Crippen LogP contribution in [-0.2, 0) is 24.0 Å². The third-order valence-corrected chi connectivity index (χ3v) is 2.77. The number of carbonyl (C=O) groups excluding carboxylic acids is 1. The van der Waals surface area contributed by atoms with Crippen LogP contribution in [0, 0.1) is 5.92 Å². The molecule has 0 radical (unpaired) electrons. The van der Waals surface area contributed by atoms with Crippen molar-refractivity contribution >= 4 is 16.3 Å². The van der Waals surface area contributed by atoms with Gasteiger partial charge in [-0.15, -0.1) is 0 Å². The van der Waals surface area contributed by atoms with E-state index >= 15 is 0 Å². The highest BCUT2D eigenvalue weighted by Crippen LogP contribution is 2.18. The Labute approximate surface area is 108 Å². The number of nitrogens with two attached hydrogens (primary N) is 1. The third-order valence-electron chi connectivity index (χ3n) is 2.31. The lowest BCUT2D eigenvalue weighted by Crippen LogP contribution is -2.35. The Kier molecular flexibility index (Phi) is 8.08. The molecule has 7 nitrogen and oxygen atoms in total. The van der Waals surface area contributed by atoms with E-state index in [1.807, 2.05) is 6.92 Å². The minimum Gasteiger partial charge on any atom is -0.434 e. The zero-order valence-electron chi connectivity index (χ0n) is 10.7. The maximum absolute atomic E-state index is 10.9. The molecule has 0 aliphatic heterocycles. The van der Waals surface area contributed by atoms with Gasteiger partial charge in [-0.3, -0.25) is 4.79 Å². The molecule has 0 fully saturated rings. The summed E-state index contributed by atoms with van der Waals surface area (Å²) in [5.41, 5.74) is 0. The number of hydrogen-bond donors (Lipinski definition) is 2. The maximum atomic E-state index is 10.9. The number of hydrogen-bond acceptors (Lipinski definition) is 6. The molecule has 0 aliphatic rings. The van der Waals surface area contributed by atoms with Gasteiger partial charge in [-0.25, -0.2) is 9.32 Å². The molecule has 0 aromatic heterocycles. The second-order valence-electron chi connectivity index (χ2n) is 4.01. The zero-order valence-corrected chi connectivity index (χ0v) is 11.5. The Hall–Kier alpha value is -0.700. The number of ether oxygens (including phenoxy) is 1. The lowest BCUT2D eigenvalue weighted by molar-refractivity contribution is -0.170. The molecular weight excluding hydrogens is 262 g/mol. The normalized spacial score (nSPS) is 15.1. The van der Waals surface area contributed by atoms with E-state index in [1.165, 1.54) is 0 Å². The Morgan fingerprint density at radius 3 is 2.39 bits per heavy atom. The monoisotopic (exact) mass is 283 g/mol. The SMILES string of the molecule is CCCCCC(CO)[C@H](OC(C)=O)OS(N)(=O)=O. The highest BCUT2D eigenvalue weighted by Gasteiger charge is 2.28. The first kappa shape index (κ1) is 17.3. The van der Waals surface area contributed by atoms with Gasteiger partial charge in [0.2, 0.25) is 6.29 Å². The zero-order chi connectivity index (χ0) is 14.2. The van der Waals surface area contributed by atoms with E-state index in [0.717, 1.165) is 26.2 Å². The molecule has 0 rings (SSSR count). The van der Waals surface area contributed by atoms with Crippen LogP contribution in [0.4, 0.5) is 0 Å². The van der Waals surface area contributed by atoms with Crippen molar-refractivity contribution in [2.75, 3.05) is 6.61 Å². The lowest BCUT2D eigenvalue weighted by Gasteiger charge is -2.23. The van der Waals surface area contributed by atoms with Gasteiger partial charge in [0.05, 0.1) is 6.61 Å². The van der Waals surface area contributed by atoms with E-state index in [1.54, 1.807) is 0 Å². The van der Waals surface area contributed by atoms with Crippen molar-refractivity contribution in [1.29, 1.82) is 0 Å². The molecule has 3 N–H and O–H groups in total. The second-order valence-corrected chi connectivity index (χ2v) is 5.18. The Morgan fingerprint density at radius 2 is 2.00 bits per heavy atom. The Balaban J connectivity index is 4.61. The first-order valence-corrected chi connectivity index (χ1v) is 7.26. The smallest absolute Gasteiger partial charge is 0.336 e. The van der Waals surface area contributed by atoms with Gasteiger partial charge in [-0.05, 0) is 6.42 Å². The summed E-state index contributed by atoms with van der Waals surface area (Å²) in [6.07, 6.45) is 1.79. The van der Waals surface area contributed by atoms with E-state index in [9.17, 15) is 18.3 Å². The third kappa shape index (κ3) is 8.40. The molecular formula is C10H21NO6S. The average molecular weight is 283 g/mol. The minimum absolute atomic E-state index is 0.350. The molecule has 0 aliphatic carbocycles. The fourth-order valence-electron chi connectivity index (χ4n) is 1.46. The van der Waals surface area contributed by atoms with Crippen LogP contribution in [0.2, 0.25) is 0 Å². The molecule has 0 aromatic carbocycles. The summed E-state index contributed by atoms with van der Waals surface area (Å²) in [5.74, 6) is -1.31. The molecule has 0 saturated heterocycles. The molecule has 0 spiro atoms. The summed E-state index contributed by atoms with van der Waals surface area (Å²) >= 11 is 0. The van der Waals surface area contributed by atoms with Gasteiger partial charge in [0.25, 0.3) is 0 Å². The Bertz CT molecular complexity index is 342. The van der Waals surface area contributed by atoms with Crippen molar-refractivity contribution in [2.45, 2.75) is 45.8 Å². The number of rotatable bonds is 9. The van der Waals surface area contributed by atoms with Crippen LogP contribution in [0.5, 0.6) is 0 Å². The highest BCUT2D eigenvalue weighted by atomic mass is 32.2. The van der Waals surface area contributed by atoms with Crippen LogP contribution in [-0.4, -0.2) is 32.4 Å². The summed E-state index contributed by atoms with van der Waals surface area (Å²) in [6.45, 7) is 2.79. The van der Waals surface area contributed by atoms with Crippen LogP contribution in [0.25, 0.3) is 0 Å². The minimum atomic E-state index is -4.24. The largest absolute Gasteiger partial charge is 0.434 e. The second kappa shape index (κ2) is 8.41. The van der Waals surface area contributed by atoms with Crippen LogP contribution >= 0.6 is 0 Å². The molecule has 0 bridgehead atoms. The van der Waals surface area contributed by atoms with Crippen molar-refractivity contribution in [3.8, 4) is 0 Å². The van der Waals surface area contributed by atoms with E-state index in [-0.39, 0.29) is 6.61 Å². The highest BCUT2D eigenvalue weighted by molar-refractivity contribution is 7.84. The van der Waals surface area contributed by atoms with Crippen molar-refractivity contribution in [1.82, 2.24) is 0 Å². The van der Waals surface area contributed by atoms with Gasteiger partial charge >= 0.3 is 16.3 Å². The van der Waals surface area contributed by atoms with Gasteiger partial charge < -0.3 is 9.84 Å². The summed E-state index contributed by atoms with van der Waals surface area (Å²) in [7, 11) is -4.24. The van der Waals surface area contributed by atoms with Gasteiger partial charge in [-0.2, -0.15) is 8.42 Å². The van der Waals surface area contributed by atoms with Crippen molar-refractivity contribution in [3.63, 3.8) is 0 Å². The molecule has 0 amide bonds. The summed E-state index contributed by atoms with van der Waals surface area (Å²) in [6, 6.07) is 0. The summed E-state index contributed by atoms with van der Waals surface area (Å²) in [4.78, 5) is 10.9. The standard InChI is InChI=1S/C10H21NO6S/c1-3-4-5-6-9(7-12)10(16-8(2)13)17-18(11,14)15/h9-10,12H,3-7H2,1-2H3,(H2,11,14,15)/t9?,10-/m1/s1. The summed E-state index contributed by atoms with van der Waals surface area (Å²) in [5, 5.41) is 13.9. The van der Waals surface area contributed by atoms with E-state index in [4.69, 9.17) is 9.88 Å². The van der Waals surface area contributed by atoms with E-state index in [2.05, 4.69) is 4.18 Å². The molecule has 2 atom stereocenters. The predicted molar refractivity (Wildman–Crippen MR) is 64.5 cm³/mol. The number of esters is 1. The van der Waals surface area contributed by atoms with Crippen molar-refractivity contribution < 1.29 is 27.2 Å². The molecule has 18 heavy (non-hydrogen) atoms. The molecule has 108 valence electrons. The molecule has 0 aromatic rings. The van der Waals surface area contributed by atoms with E-state index < -0.39 is 28.5 Å². The number of unbranched alkanes of at least 4 members (excludes halogenated alkanes) is 2.